The first kappa shape index (κ1) is 35.7. The van der Waals surface area contributed by atoms with Crippen molar-refractivity contribution in [3.05, 3.63) is 92.9 Å². The molecule has 3 aromatic carbocycles. The van der Waals surface area contributed by atoms with Crippen LogP contribution in [-0.4, -0.2) is 44.2 Å². The lowest BCUT2D eigenvalue weighted by atomic mass is 9.93. The molecule has 0 aliphatic heterocycles. The highest BCUT2D eigenvalue weighted by Gasteiger charge is 2.19. The van der Waals surface area contributed by atoms with Crippen LogP contribution in [0.2, 0.25) is 5.02 Å². The Morgan fingerprint density at radius 1 is 1.02 bits per heavy atom. The minimum absolute atomic E-state index is 0.0809. The van der Waals surface area contributed by atoms with Crippen molar-refractivity contribution < 1.29 is 32.2 Å². The van der Waals surface area contributed by atoms with Gasteiger partial charge in [0.25, 0.3) is 5.91 Å². The van der Waals surface area contributed by atoms with Gasteiger partial charge in [0.05, 0.1) is 28.6 Å². The van der Waals surface area contributed by atoms with E-state index in [0.717, 1.165) is 16.3 Å². The van der Waals surface area contributed by atoms with Crippen LogP contribution in [0.4, 0.5) is 11.4 Å². The maximum atomic E-state index is 13.5. The number of nitrogens with zero attached hydrogens (tertiary/aromatic N) is 1. The molecule has 0 saturated heterocycles. The summed E-state index contributed by atoms with van der Waals surface area (Å²) in [4.78, 5) is 30.3. The molecule has 250 valence electrons. The summed E-state index contributed by atoms with van der Waals surface area (Å²) in [5.41, 5.74) is 8.63. The van der Waals surface area contributed by atoms with Gasteiger partial charge in [-0.25, -0.2) is 18.2 Å². The lowest BCUT2D eigenvalue weighted by Gasteiger charge is -2.15. The Bertz CT molecular complexity index is 1820. The van der Waals surface area contributed by atoms with Gasteiger partial charge in [-0.1, -0.05) is 38.4 Å². The monoisotopic (exact) mass is 699 g/mol. The number of nitrogen functional groups attached to an aromatic ring is 1. The number of halogens is 1. The van der Waals surface area contributed by atoms with Gasteiger partial charge in [0.2, 0.25) is 0 Å². The molecule has 1 amide bonds. The van der Waals surface area contributed by atoms with Crippen molar-refractivity contribution in [1.82, 2.24) is 4.98 Å². The van der Waals surface area contributed by atoms with Gasteiger partial charge < -0.3 is 25.3 Å². The number of hydrogen-bond acceptors (Lipinski definition) is 10. The summed E-state index contributed by atoms with van der Waals surface area (Å²) < 4.78 is 42.2. The average molecular weight is 700 g/mol. The van der Waals surface area contributed by atoms with Crippen molar-refractivity contribution in [2.45, 2.75) is 57.5 Å². The molecule has 0 radical (unpaired) electrons. The first-order chi connectivity index (χ1) is 22.2. The largest absolute Gasteiger partial charge is 0.486 e. The number of benzene rings is 3. The van der Waals surface area contributed by atoms with Gasteiger partial charge in [0, 0.05) is 33.1 Å². The zero-order valence-corrected chi connectivity index (χ0v) is 29.1. The summed E-state index contributed by atoms with van der Waals surface area (Å²) in [7, 11) is -3.51. The number of sulfone groups is 1. The minimum Gasteiger partial charge on any atom is -0.486 e. The highest BCUT2D eigenvalue weighted by molar-refractivity contribution is 7.91. The molecule has 10 nitrogen and oxygen atoms in total. The Labute approximate surface area is 284 Å². The molecule has 0 aliphatic rings. The Kier molecular flexibility index (Phi) is 11.9. The molecule has 1 heterocycles. The number of anilines is 2. The molecule has 0 bridgehead atoms. The van der Waals surface area contributed by atoms with E-state index >= 15 is 0 Å². The van der Waals surface area contributed by atoms with E-state index in [1.165, 1.54) is 41.7 Å². The lowest BCUT2D eigenvalue weighted by molar-refractivity contribution is -0.145. The fraction of sp³-hybridized carbons (Fsp3) is 0.324. The number of rotatable bonds is 14. The van der Waals surface area contributed by atoms with E-state index in [1.54, 1.807) is 37.3 Å². The molecular formula is C34H38ClN3O7S2. The van der Waals surface area contributed by atoms with Crippen molar-refractivity contribution in [3.8, 4) is 11.5 Å². The van der Waals surface area contributed by atoms with Crippen LogP contribution in [0, 0.1) is 0 Å². The normalized spacial score (nSPS) is 11.6. The third-order valence-electron chi connectivity index (χ3n) is 6.87. The molecule has 0 aliphatic carbocycles. The second kappa shape index (κ2) is 15.6. The number of esters is 1. The van der Waals surface area contributed by atoms with Crippen LogP contribution in [0.1, 0.15) is 60.7 Å². The molecule has 4 aromatic rings. The van der Waals surface area contributed by atoms with Crippen molar-refractivity contribution in [1.29, 1.82) is 0 Å². The average Bonchev–Trinajstić information content (AvgIpc) is 3.50. The molecule has 0 atom stereocenters. The van der Waals surface area contributed by atoms with Gasteiger partial charge in [-0.15, -0.1) is 11.3 Å². The molecule has 4 rings (SSSR count). The number of ether oxygens (including phenoxy) is 3. The predicted octanol–water partition coefficient (Wildman–Crippen LogP) is 6.86. The fourth-order valence-electron chi connectivity index (χ4n) is 4.42. The molecule has 0 spiro atoms. The van der Waals surface area contributed by atoms with Crippen LogP contribution in [0.15, 0.2) is 70.9 Å². The van der Waals surface area contributed by atoms with E-state index in [1.807, 2.05) is 5.38 Å². The third-order valence-corrected chi connectivity index (χ3v) is 9.76. The number of hydrogen-bond donors (Lipinski definition) is 2. The highest BCUT2D eigenvalue weighted by atomic mass is 35.5. The molecule has 3 N–H and O–H groups in total. The quantitative estimate of drug-likeness (QED) is 0.106. The lowest BCUT2D eigenvalue weighted by Crippen LogP contribution is -2.17. The Hall–Kier alpha value is -4.13. The molecule has 13 heteroatoms. The molecule has 0 unspecified atom stereocenters. The van der Waals surface area contributed by atoms with Gasteiger partial charge in [-0.3, -0.25) is 4.79 Å². The summed E-state index contributed by atoms with van der Waals surface area (Å²) in [6.45, 7) is 8.01. The smallest absolute Gasteiger partial charge is 0.344 e. The summed E-state index contributed by atoms with van der Waals surface area (Å²) in [6, 6.07) is 15.8. The van der Waals surface area contributed by atoms with Crippen LogP contribution in [0.3, 0.4) is 0 Å². The van der Waals surface area contributed by atoms with Gasteiger partial charge >= 0.3 is 5.97 Å². The van der Waals surface area contributed by atoms with Gasteiger partial charge in [-0.05, 0) is 73.9 Å². The first-order valence-electron chi connectivity index (χ1n) is 14.9. The van der Waals surface area contributed by atoms with Crippen LogP contribution in [0.5, 0.6) is 11.5 Å². The van der Waals surface area contributed by atoms with Crippen molar-refractivity contribution >= 4 is 56.0 Å². The topological polar surface area (TPSA) is 147 Å². The van der Waals surface area contributed by atoms with E-state index in [-0.39, 0.29) is 47.2 Å². The predicted molar refractivity (Wildman–Crippen MR) is 184 cm³/mol. The van der Waals surface area contributed by atoms with E-state index in [4.69, 9.17) is 31.5 Å². The number of thiazole rings is 1. The highest BCUT2D eigenvalue weighted by Crippen LogP contribution is 2.29. The van der Waals surface area contributed by atoms with E-state index < -0.39 is 21.7 Å². The van der Waals surface area contributed by atoms with Crippen molar-refractivity contribution in [2.75, 3.05) is 30.0 Å². The molecule has 0 fully saturated rings. The van der Waals surface area contributed by atoms with Crippen molar-refractivity contribution in [2.24, 2.45) is 0 Å². The van der Waals surface area contributed by atoms with Gasteiger partial charge in [0.15, 0.2) is 16.4 Å². The zero-order chi connectivity index (χ0) is 34.2. The zero-order valence-electron chi connectivity index (χ0n) is 26.7. The second-order valence-electron chi connectivity index (χ2n) is 11.7. The second-order valence-corrected chi connectivity index (χ2v) is 15.2. The number of nitrogens with one attached hydrogen (secondary N) is 1. The number of nitrogens with two attached hydrogens (primary N) is 1. The van der Waals surface area contributed by atoms with Crippen molar-refractivity contribution in [3.63, 3.8) is 0 Å². The molecule has 47 heavy (non-hydrogen) atoms. The van der Waals surface area contributed by atoms with E-state index in [9.17, 15) is 18.0 Å². The van der Waals surface area contributed by atoms with E-state index in [0.29, 0.717) is 35.0 Å². The molecular weight excluding hydrogens is 662 g/mol. The van der Waals surface area contributed by atoms with Gasteiger partial charge in [0.1, 0.15) is 23.1 Å². The third kappa shape index (κ3) is 10.4. The summed E-state index contributed by atoms with van der Waals surface area (Å²) >= 11 is 7.39. The Morgan fingerprint density at radius 3 is 2.45 bits per heavy atom. The summed E-state index contributed by atoms with van der Waals surface area (Å²) in [6.07, 6.45) is 0.728. The van der Waals surface area contributed by atoms with Crippen LogP contribution >= 0.6 is 22.9 Å². The molecule has 1 aromatic heterocycles. The van der Waals surface area contributed by atoms with Gasteiger partial charge in [-0.2, -0.15) is 0 Å². The number of aryl methyl sites for hydroxylation is 1. The minimum atomic E-state index is -3.51. The number of carbonyl (C=O) groups is 2. The number of amides is 1. The molecule has 0 saturated carbocycles. The number of aromatic nitrogens is 1. The standard InChI is InChI=1S/C34H38ClN3O7S2/c1-5-43-32(39)20-45-29-13-8-22(7-6-14-47(41,42)27-11-9-24(35)10-12-27)15-28(29)37-33(40)23-16-25(36)18-26(17-23)44-19-31-38-30(21-46-31)34(2,3)4/h8-13,15-18,21H,5-7,14,19-20,36H2,1-4H3,(H,37,40). The number of carbonyl (C=O) groups excluding carboxylic acids is 2. The SMILES string of the molecule is CCOC(=O)COc1ccc(CCCS(=O)(=O)c2ccc(Cl)cc2)cc1NC(=O)c1cc(N)cc(OCc2nc(C(C)(C)C)cs2)c1. The van der Waals surface area contributed by atoms with Crippen LogP contribution in [0.25, 0.3) is 0 Å². The summed E-state index contributed by atoms with van der Waals surface area (Å²) in [5, 5.41) is 6.10. The van der Waals surface area contributed by atoms with Crippen LogP contribution in [-0.2, 0) is 37.8 Å². The first-order valence-corrected chi connectivity index (χ1v) is 17.8. The summed E-state index contributed by atoms with van der Waals surface area (Å²) in [5.74, 6) is -0.495. The van der Waals surface area contributed by atoms with Crippen LogP contribution < -0.4 is 20.5 Å². The maximum Gasteiger partial charge on any atom is 0.344 e. The maximum absolute atomic E-state index is 13.5. The Morgan fingerprint density at radius 2 is 1.77 bits per heavy atom. The van der Waals surface area contributed by atoms with E-state index in [2.05, 4.69) is 31.1 Å². The Balaban J connectivity index is 1.49. The fourth-order valence-corrected chi connectivity index (χ4v) is 6.79.